The first kappa shape index (κ1) is 16.3. The van der Waals surface area contributed by atoms with Gasteiger partial charge in [0.15, 0.2) is 0 Å². The summed E-state index contributed by atoms with van der Waals surface area (Å²) in [6, 6.07) is 0. The third kappa shape index (κ3) is 3.65. The van der Waals surface area contributed by atoms with E-state index in [2.05, 4.69) is 10.6 Å². The van der Waals surface area contributed by atoms with E-state index in [1.54, 1.807) is 0 Å². The molecule has 126 valence electrons. The largest absolute Gasteiger partial charge is 0.376 e. The second kappa shape index (κ2) is 7.78. The van der Waals surface area contributed by atoms with Crippen LogP contribution in [-0.4, -0.2) is 38.3 Å². The van der Waals surface area contributed by atoms with Gasteiger partial charge in [-0.15, -0.1) is 0 Å². The van der Waals surface area contributed by atoms with E-state index in [0.29, 0.717) is 25.2 Å². The highest BCUT2D eigenvalue weighted by Gasteiger charge is 2.49. The van der Waals surface area contributed by atoms with Crippen molar-refractivity contribution in [3.05, 3.63) is 0 Å². The van der Waals surface area contributed by atoms with E-state index in [1.165, 1.54) is 57.8 Å². The molecule has 2 atom stereocenters. The van der Waals surface area contributed by atoms with Gasteiger partial charge in [-0.05, 0) is 38.1 Å². The number of hydrogen-bond acceptors (Lipinski definition) is 3. The summed E-state index contributed by atoms with van der Waals surface area (Å²) in [6.45, 7) is 3.23. The Morgan fingerprint density at radius 3 is 2.68 bits per heavy atom. The molecule has 1 aliphatic heterocycles. The average molecular weight is 308 g/mol. The fourth-order valence-electron chi connectivity index (χ4n) is 4.67. The van der Waals surface area contributed by atoms with Gasteiger partial charge >= 0.3 is 0 Å². The van der Waals surface area contributed by atoms with E-state index in [-0.39, 0.29) is 11.3 Å². The molecule has 0 radical (unpaired) electrons. The van der Waals surface area contributed by atoms with Gasteiger partial charge in [-0.25, -0.2) is 0 Å². The number of ether oxygens (including phenoxy) is 1. The molecule has 1 amide bonds. The van der Waals surface area contributed by atoms with Gasteiger partial charge in [0, 0.05) is 13.1 Å². The minimum atomic E-state index is -0.124. The SMILES string of the molecule is O=C(NCCOC1CCCCCC1)[C@@]12CCCC[C@H]1CNC2. The Hall–Kier alpha value is -0.610. The fraction of sp³-hybridized carbons (Fsp3) is 0.944. The zero-order valence-corrected chi connectivity index (χ0v) is 13.9. The van der Waals surface area contributed by atoms with E-state index in [0.717, 1.165) is 19.5 Å². The van der Waals surface area contributed by atoms with Crippen molar-refractivity contribution in [1.29, 1.82) is 0 Å². The first-order valence-corrected chi connectivity index (χ1v) is 9.42. The van der Waals surface area contributed by atoms with Crippen LogP contribution in [0.2, 0.25) is 0 Å². The molecule has 2 saturated carbocycles. The second-order valence-corrected chi connectivity index (χ2v) is 7.47. The van der Waals surface area contributed by atoms with Crippen LogP contribution in [0.5, 0.6) is 0 Å². The predicted octanol–water partition coefficient (Wildman–Crippen LogP) is 2.62. The zero-order valence-electron chi connectivity index (χ0n) is 13.9. The molecule has 0 aromatic rings. The molecule has 3 fully saturated rings. The Balaban J connectivity index is 1.40. The molecule has 3 rings (SSSR count). The number of nitrogens with one attached hydrogen (secondary N) is 2. The van der Waals surface area contributed by atoms with Crippen LogP contribution in [0, 0.1) is 11.3 Å². The standard InChI is InChI=1S/C18H32N2O2/c21-17(18-10-6-5-7-15(18)13-19-14-18)20-11-12-22-16-8-3-1-2-4-9-16/h15-16,19H,1-14H2,(H,20,21)/t15-,18+/m0/s1. The van der Waals surface area contributed by atoms with Crippen molar-refractivity contribution in [2.45, 2.75) is 70.3 Å². The van der Waals surface area contributed by atoms with Crippen molar-refractivity contribution in [2.75, 3.05) is 26.2 Å². The topological polar surface area (TPSA) is 50.4 Å². The monoisotopic (exact) mass is 308 g/mol. The Kier molecular flexibility index (Phi) is 5.75. The summed E-state index contributed by atoms with van der Waals surface area (Å²) in [5.41, 5.74) is -0.124. The highest BCUT2D eigenvalue weighted by molar-refractivity contribution is 5.83. The van der Waals surface area contributed by atoms with Crippen LogP contribution < -0.4 is 10.6 Å². The van der Waals surface area contributed by atoms with E-state index in [1.807, 2.05) is 0 Å². The molecule has 2 N–H and O–H groups in total. The van der Waals surface area contributed by atoms with Crippen LogP contribution in [0.1, 0.15) is 64.2 Å². The quantitative estimate of drug-likeness (QED) is 0.606. The summed E-state index contributed by atoms with van der Waals surface area (Å²) in [6.07, 6.45) is 12.9. The van der Waals surface area contributed by atoms with Gasteiger partial charge in [-0.3, -0.25) is 4.79 Å². The highest BCUT2D eigenvalue weighted by atomic mass is 16.5. The van der Waals surface area contributed by atoms with Crippen molar-refractivity contribution in [3.8, 4) is 0 Å². The van der Waals surface area contributed by atoms with Crippen molar-refractivity contribution >= 4 is 5.91 Å². The van der Waals surface area contributed by atoms with Gasteiger partial charge < -0.3 is 15.4 Å². The van der Waals surface area contributed by atoms with Crippen molar-refractivity contribution in [1.82, 2.24) is 10.6 Å². The molecule has 1 heterocycles. The number of fused-ring (bicyclic) bond motifs is 1. The van der Waals surface area contributed by atoms with Gasteiger partial charge in [0.25, 0.3) is 0 Å². The van der Waals surface area contributed by atoms with Gasteiger partial charge in [-0.2, -0.15) is 0 Å². The summed E-state index contributed by atoms with van der Waals surface area (Å²) >= 11 is 0. The number of carbonyl (C=O) groups is 1. The molecule has 0 spiro atoms. The maximum absolute atomic E-state index is 12.7. The second-order valence-electron chi connectivity index (χ2n) is 7.47. The first-order chi connectivity index (χ1) is 10.8. The van der Waals surface area contributed by atoms with E-state index >= 15 is 0 Å². The van der Waals surface area contributed by atoms with Crippen LogP contribution in [0.3, 0.4) is 0 Å². The maximum atomic E-state index is 12.7. The zero-order chi connectivity index (χ0) is 15.3. The van der Waals surface area contributed by atoms with Crippen LogP contribution >= 0.6 is 0 Å². The normalized spacial score (nSPS) is 33.2. The lowest BCUT2D eigenvalue weighted by molar-refractivity contribution is -0.134. The highest BCUT2D eigenvalue weighted by Crippen LogP contribution is 2.43. The van der Waals surface area contributed by atoms with Crippen molar-refractivity contribution < 1.29 is 9.53 Å². The van der Waals surface area contributed by atoms with Gasteiger partial charge in [0.05, 0.1) is 18.1 Å². The summed E-state index contributed by atoms with van der Waals surface area (Å²) in [5, 5.41) is 6.61. The lowest BCUT2D eigenvalue weighted by atomic mass is 9.67. The molecular formula is C18H32N2O2. The van der Waals surface area contributed by atoms with E-state index in [9.17, 15) is 4.79 Å². The predicted molar refractivity (Wildman–Crippen MR) is 87.7 cm³/mol. The van der Waals surface area contributed by atoms with Crippen LogP contribution in [0.15, 0.2) is 0 Å². The molecule has 0 unspecified atom stereocenters. The van der Waals surface area contributed by atoms with Crippen LogP contribution in [0.4, 0.5) is 0 Å². The third-order valence-corrected chi connectivity index (χ3v) is 6.03. The molecule has 0 bridgehead atoms. The minimum absolute atomic E-state index is 0.124. The molecule has 4 nitrogen and oxygen atoms in total. The van der Waals surface area contributed by atoms with Crippen LogP contribution in [-0.2, 0) is 9.53 Å². The van der Waals surface area contributed by atoms with Crippen LogP contribution in [0.25, 0.3) is 0 Å². The molecule has 0 aromatic carbocycles. The molecule has 0 aromatic heterocycles. The molecule has 1 saturated heterocycles. The fourth-order valence-corrected chi connectivity index (χ4v) is 4.67. The van der Waals surface area contributed by atoms with Crippen molar-refractivity contribution in [2.24, 2.45) is 11.3 Å². The third-order valence-electron chi connectivity index (χ3n) is 6.03. The smallest absolute Gasteiger partial charge is 0.227 e. The summed E-state index contributed by atoms with van der Waals surface area (Å²) in [7, 11) is 0. The maximum Gasteiger partial charge on any atom is 0.227 e. The van der Waals surface area contributed by atoms with E-state index in [4.69, 9.17) is 4.74 Å². The summed E-state index contributed by atoms with van der Waals surface area (Å²) < 4.78 is 5.98. The van der Waals surface area contributed by atoms with E-state index < -0.39 is 0 Å². The number of hydrogen-bond donors (Lipinski definition) is 2. The lowest BCUT2D eigenvalue weighted by Gasteiger charge is -2.37. The molecule has 2 aliphatic carbocycles. The molecule has 4 heteroatoms. The van der Waals surface area contributed by atoms with Gasteiger partial charge in [0.2, 0.25) is 5.91 Å². The Bertz CT molecular complexity index is 366. The summed E-state index contributed by atoms with van der Waals surface area (Å²) in [4.78, 5) is 12.7. The Morgan fingerprint density at radius 1 is 1.09 bits per heavy atom. The minimum Gasteiger partial charge on any atom is -0.376 e. The number of carbonyl (C=O) groups excluding carboxylic acids is 1. The first-order valence-electron chi connectivity index (χ1n) is 9.42. The Morgan fingerprint density at radius 2 is 1.86 bits per heavy atom. The number of amides is 1. The molecule has 22 heavy (non-hydrogen) atoms. The van der Waals surface area contributed by atoms with Crippen molar-refractivity contribution in [3.63, 3.8) is 0 Å². The lowest BCUT2D eigenvalue weighted by Crippen LogP contribution is -2.48. The van der Waals surface area contributed by atoms with Gasteiger partial charge in [-0.1, -0.05) is 38.5 Å². The molecular weight excluding hydrogens is 276 g/mol. The van der Waals surface area contributed by atoms with Gasteiger partial charge in [0.1, 0.15) is 0 Å². The molecule has 3 aliphatic rings. The summed E-state index contributed by atoms with van der Waals surface area (Å²) in [5.74, 6) is 0.815. The average Bonchev–Trinajstić information content (AvgIpc) is 2.82. The number of rotatable bonds is 5. The Labute approximate surface area is 134 Å².